The summed E-state index contributed by atoms with van der Waals surface area (Å²) in [5.74, 6) is -0.950. The molecular formula is C17H19FN2O3S. The van der Waals surface area contributed by atoms with Gasteiger partial charge in [0.2, 0.25) is 10.0 Å². The molecule has 2 aromatic carbocycles. The standard InChI is InChI=1S/C17H19FN2O3S/c1-11-6-8-14(24(22,23)20(3)4)10-15(11)17(21)19-16-9-13(18)7-5-12(16)2/h5-10H,1-4H3,(H,19,21). The van der Waals surface area contributed by atoms with Gasteiger partial charge in [-0.25, -0.2) is 17.1 Å². The van der Waals surface area contributed by atoms with Crippen molar-refractivity contribution in [2.45, 2.75) is 18.7 Å². The van der Waals surface area contributed by atoms with Crippen LogP contribution in [0.5, 0.6) is 0 Å². The normalized spacial score (nSPS) is 11.6. The molecule has 2 rings (SSSR count). The fourth-order valence-corrected chi connectivity index (χ4v) is 3.06. The quantitative estimate of drug-likeness (QED) is 0.922. The Labute approximate surface area is 141 Å². The highest BCUT2D eigenvalue weighted by Crippen LogP contribution is 2.21. The molecule has 128 valence electrons. The summed E-state index contributed by atoms with van der Waals surface area (Å²) in [6, 6.07) is 8.45. The Hall–Kier alpha value is -2.25. The van der Waals surface area contributed by atoms with Crippen molar-refractivity contribution < 1.29 is 17.6 Å². The number of nitrogens with zero attached hydrogens (tertiary/aromatic N) is 1. The van der Waals surface area contributed by atoms with Crippen LogP contribution in [0.25, 0.3) is 0 Å². The number of anilines is 1. The third-order valence-electron chi connectivity index (χ3n) is 3.68. The second kappa shape index (κ2) is 6.70. The number of hydrogen-bond acceptors (Lipinski definition) is 3. The van der Waals surface area contributed by atoms with E-state index >= 15 is 0 Å². The molecule has 0 atom stereocenters. The molecule has 0 aromatic heterocycles. The van der Waals surface area contributed by atoms with Crippen molar-refractivity contribution in [2.24, 2.45) is 0 Å². The number of carbonyl (C=O) groups is 1. The number of halogens is 1. The molecule has 0 saturated heterocycles. The first-order chi connectivity index (χ1) is 11.1. The molecule has 1 amide bonds. The maximum absolute atomic E-state index is 13.4. The number of amides is 1. The largest absolute Gasteiger partial charge is 0.322 e. The number of benzene rings is 2. The van der Waals surface area contributed by atoms with E-state index in [4.69, 9.17) is 0 Å². The van der Waals surface area contributed by atoms with Gasteiger partial charge in [0, 0.05) is 25.3 Å². The van der Waals surface area contributed by atoms with Gasteiger partial charge in [-0.3, -0.25) is 4.79 Å². The minimum atomic E-state index is -3.64. The van der Waals surface area contributed by atoms with E-state index < -0.39 is 21.7 Å². The van der Waals surface area contributed by atoms with Gasteiger partial charge in [0.05, 0.1) is 4.90 Å². The lowest BCUT2D eigenvalue weighted by atomic mass is 10.1. The van der Waals surface area contributed by atoms with E-state index in [2.05, 4.69) is 5.32 Å². The summed E-state index contributed by atoms with van der Waals surface area (Å²) in [5.41, 5.74) is 1.90. The Morgan fingerprint density at radius 2 is 1.67 bits per heavy atom. The summed E-state index contributed by atoms with van der Waals surface area (Å²) < 4.78 is 38.9. The van der Waals surface area contributed by atoms with Crippen LogP contribution in [0.1, 0.15) is 21.5 Å². The minimum absolute atomic E-state index is 0.0271. The van der Waals surface area contributed by atoms with Gasteiger partial charge in [-0.2, -0.15) is 0 Å². The third-order valence-corrected chi connectivity index (χ3v) is 5.49. The van der Waals surface area contributed by atoms with E-state index in [1.807, 2.05) is 0 Å². The van der Waals surface area contributed by atoms with Gasteiger partial charge in [0.1, 0.15) is 5.82 Å². The van der Waals surface area contributed by atoms with Crippen molar-refractivity contribution >= 4 is 21.6 Å². The minimum Gasteiger partial charge on any atom is -0.322 e. The van der Waals surface area contributed by atoms with Crippen LogP contribution >= 0.6 is 0 Å². The van der Waals surface area contributed by atoms with Crippen molar-refractivity contribution in [3.63, 3.8) is 0 Å². The van der Waals surface area contributed by atoms with Crippen LogP contribution in [0.2, 0.25) is 0 Å². The smallest absolute Gasteiger partial charge is 0.255 e. The van der Waals surface area contributed by atoms with Crippen LogP contribution in [0.15, 0.2) is 41.3 Å². The number of sulfonamides is 1. The predicted molar refractivity (Wildman–Crippen MR) is 91.1 cm³/mol. The lowest BCUT2D eigenvalue weighted by molar-refractivity contribution is 0.102. The van der Waals surface area contributed by atoms with Crippen molar-refractivity contribution in [1.29, 1.82) is 0 Å². The van der Waals surface area contributed by atoms with Crippen LogP contribution < -0.4 is 5.32 Å². The fourth-order valence-electron chi connectivity index (χ4n) is 2.14. The monoisotopic (exact) mass is 350 g/mol. The van der Waals surface area contributed by atoms with Gasteiger partial charge in [-0.15, -0.1) is 0 Å². The SMILES string of the molecule is Cc1ccc(F)cc1NC(=O)c1cc(S(=O)(=O)N(C)C)ccc1C. The number of nitrogens with one attached hydrogen (secondary N) is 1. The van der Waals surface area contributed by atoms with Gasteiger partial charge in [0.25, 0.3) is 5.91 Å². The van der Waals surface area contributed by atoms with Crippen LogP contribution in [0.4, 0.5) is 10.1 Å². The highest BCUT2D eigenvalue weighted by molar-refractivity contribution is 7.89. The molecule has 2 aromatic rings. The van der Waals surface area contributed by atoms with E-state index in [1.165, 1.54) is 38.4 Å². The maximum Gasteiger partial charge on any atom is 0.255 e. The van der Waals surface area contributed by atoms with Crippen LogP contribution in [-0.4, -0.2) is 32.7 Å². The summed E-state index contributed by atoms with van der Waals surface area (Å²) in [6.45, 7) is 3.45. The molecule has 0 aliphatic heterocycles. The van der Waals surface area contributed by atoms with E-state index in [0.29, 0.717) is 16.8 Å². The van der Waals surface area contributed by atoms with Crippen molar-refractivity contribution in [2.75, 3.05) is 19.4 Å². The third kappa shape index (κ3) is 3.63. The topological polar surface area (TPSA) is 66.5 Å². The zero-order valence-electron chi connectivity index (χ0n) is 13.9. The molecular weight excluding hydrogens is 331 g/mol. The van der Waals surface area contributed by atoms with Gasteiger partial charge >= 0.3 is 0 Å². The fraction of sp³-hybridized carbons (Fsp3) is 0.235. The van der Waals surface area contributed by atoms with E-state index in [9.17, 15) is 17.6 Å². The molecule has 0 aliphatic rings. The molecule has 0 heterocycles. The van der Waals surface area contributed by atoms with Crippen LogP contribution in [-0.2, 0) is 10.0 Å². The average Bonchev–Trinajstić information content (AvgIpc) is 2.50. The zero-order chi connectivity index (χ0) is 18.1. The Morgan fingerprint density at radius 3 is 2.29 bits per heavy atom. The summed E-state index contributed by atoms with van der Waals surface area (Å²) in [6.07, 6.45) is 0. The van der Waals surface area contributed by atoms with Gasteiger partial charge in [0.15, 0.2) is 0 Å². The summed E-state index contributed by atoms with van der Waals surface area (Å²) >= 11 is 0. The van der Waals surface area contributed by atoms with Gasteiger partial charge < -0.3 is 5.32 Å². The Morgan fingerprint density at radius 1 is 1.04 bits per heavy atom. The lowest BCUT2D eigenvalue weighted by Crippen LogP contribution is -2.23. The molecule has 5 nitrogen and oxygen atoms in total. The first-order valence-electron chi connectivity index (χ1n) is 7.23. The van der Waals surface area contributed by atoms with E-state index in [1.54, 1.807) is 26.0 Å². The molecule has 1 N–H and O–H groups in total. The van der Waals surface area contributed by atoms with E-state index in [0.717, 1.165) is 4.31 Å². The molecule has 24 heavy (non-hydrogen) atoms. The van der Waals surface area contributed by atoms with Crippen molar-refractivity contribution in [3.05, 3.63) is 58.9 Å². The summed E-state index contributed by atoms with van der Waals surface area (Å²) in [5, 5.41) is 2.63. The highest BCUT2D eigenvalue weighted by Gasteiger charge is 2.20. The number of hydrogen-bond donors (Lipinski definition) is 1. The Bertz CT molecular complexity index is 893. The molecule has 0 unspecified atom stereocenters. The Balaban J connectivity index is 2.41. The molecule has 0 saturated carbocycles. The van der Waals surface area contributed by atoms with Gasteiger partial charge in [-0.05, 0) is 49.2 Å². The van der Waals surface area contributed by atoms with Crippen LogP contribution in [0, 0.1) is 19.7 Å². The second-order valence-electron chi connectivity index (χ2n) is 5.68. The first kappa shape index (κ1) is 18.1. The average molecular weight is 350 g/mol. The van der Waals surface area contributed by atoms with E-state index in [-0.39, 0.29) is 10.5 Å². The zero-order valence-corrected chi connectivity index (χ0v) is 14.7. The van der Waals surface area contributed by atoms with Crippen molar-refractivity contribution in [3.8, 4) is 0 Å². The second-order valence-corrected chi connectivity index (χ2v) is 7.83. The number of rotatable bonds is 4. The number of carbonyl (C=O) groups excluding carboxylic acids is 1. The molecule has 0 aliphatic carbocycles. The predicted octanol–water partition coefficient (Wildman–Crippen LogP) is 2.95. The maximum atomic E-state index is 13.4. The van der Waals surface area contributed by atoms with Crippen molar-refractivity contribution in [1.82, 2.24) is 4.31 Å². The molecule has 0 radical (unpaired) electrons. The van der Waals surface area contributed by atoms with Gasteiger partial charge in [-0.1, -0.05) is 12.1 Å². The lowest BCUT2D eigenvalue weighted by Gasteiger charge is -2.14. The highest BCUT2D eigenvalue weighted by atomic mass is 32.2. The summed E-state index contributed by atoms with van der Waals surface area (Å²) in [4.78, 5) is 12.5. The number of aryl methyl sites for hydroxylation is 2. The molecule has 0 fully saturated rings. The molecule has 0 bridgehead atoms. The first-order valence-corrected chi connectivity index (χ1v) is 8.67. The Kier molecular flexibility index (Phi) is 5.05. The van der Waals surface area contributed by atoms with Crippen LogP contribution in [0.3, 0.4) is 0 Å². The summed E-state index contributed by atoms with van der Waals surface area (Å²) in [7, 11) is -0.801. The molecule has 0 spiro atoms. The molecule has 7 heteroatoms.